The van der Waals surface area contributed by atoms with E-state index in [1.54, 1.807) is 0 Å². The van der Waals surface area contributed by atoms with Gasteiger partial charge in [-0.05, 0) is 37.5 Å². The van der Waals surface area contributed by atoms with E-state index >= 15 is 0 Å². The fourth-order valence-electron chi connectivity index (χ4n) is 1.62. The predicted molar refractivity (Wildman–Crippen MR) is 71.9 cm³/mol. The molecule has 0 aliphatic rings. The average Bonchev–Trinajstić information content (AvgIpc) is 2.39. The van der Waals surface area contributed by atoms with E-state index in [1.165, 1.54) is 0 Å². The lowest BCUT2D eigenvalue weighted by molar-refractivity contribution is 0.272. The maximum atomic E-state index is 8.59. The molecule has 0 amide bonds. The molecule has 0 radical (unpaired) electrons. The first kappa shape index (κ1) is 14.4. The fourth-order valence-corrected chi connectivity index (χ4v) is 1.62. The molecule has 0 aromatic heterocycles. The molecule has 3 heteroatoms. The Morgan fingerprint density at radius 1 is 1.17 bits per heavy atom. The van der Waals surface area contributed by atoms with Crippen LogP contribution in [0.15, 0.2) is 18.2 Å². The van der Waals surface area contributed by atoms with Crippen molar-refractivity contribution in [2.45, 2.75) is 39.5 Å². The summed E-state index contributed by atoms with van der Waals surface area (Å²) in [6, 6.07) is 8.07. The molecule has 0 aliphatic carbocycles. The molecule has 0 saturated heterocycles. The summed E-state index contributed by atoms with van der Waals surface area (Å²) in [6.07, 6.45) is 3.44. The van der Waals surface area contributed by atoms with Crippen molar-refractivity contribution in [3.05, 3.63) is 23.8 Å². The Kier molecular flexibility index (Phi) is 6.71. The van der Waals surface area contributed by atoms with Crippen LogP contribution >= 0.6 is 0 Å². The number of nitriles is 1. The highest BCUT2D eigenvalue weighted by atomic mass is 16.5. The Morgan fingerprint density at radius 2 is 2.00 bits per heavy atom. The maximum absolute atomic E-state index is 8.59. The Labute approximate surface area is 109 Å². The van der Waals surface area contributed by atoms with Gasteiger partial charge in [0.15, 0.2) is 11.5 Å². The molecule has 0 bridgehead atoms. The maximum Gasteiger partial charge on any atom is 0.161 e. The molecule has 3 nitrogen and oxygen atoms in total. The summed E-state index contributed by atoms with van der Waals surface area (Å²) in [4.78, 5) is 0. The summed E-state index contributed by atoms with van der Waals surface area (Å²) < 4.78 is 11.3. The molecule has 0 saturated carbocycles. The number of hydrogen-bond acceptors (Lipinski definition) is 3. The quantitative estimate of drug-likeness (QED) is 0.657. The lowest BCUT2D eigenvalue weighted by Gasteiger charge is -2.12. The van der Waals surface area contributed by atoms with Crippen molar-refractivity contribution in [2.24, 2.45) is 0 Å². The van der Waals surface area contributed by atoms with Gasteiger partial charge in [0.25, 0.3) is 0 Å². The van der Waals surface area contributed by atoms with Gasteiger partial charge in [-0.3, -0.25) is 0 Å². The molecule has 0 fully saturated rings. The van der Waals surface area contributed by atoms with Crippen LogP contribution in [-0.2, 0) is 6.42 Å². The topological polar surface area (TPSA) is 42.2 Å². The van der Waals surface area contributed by atoms with Crippen LogP contribution in [0.5, 0.6) is 11.5 Å². The van der Waals surface area contributed by atoms with E-state index in [-0.39, 0.29) is 0 Å². The minimum atomic E-state index is 0.529. The number of unbranched alkanes of at least 4 members (excludes halogenated alkanes) is 1. The molecule has 0 aliphatic heterocycles. The van der Waals surface area contributed by atoms with Gasteiger partial charge < -0.3 is 9.47 Å². The summed E-state index contributed by atoms with van der Waals surface area (Å²) in [5, 5.41) is 8.59. The molecule has 0 unspecified atom stereocenters. The number of rotatable bonds is 8. The fraction of sp³-hybridized carbons (Fsp3) is 0.533. The van der Waals surface area contributed by atoms with E-state index in [2.05, 4.69) is 13.0 Å². The van der Waals surface area contributed by atoms with Gasteiger partial charge in [0.2, 0.25) is 0 Å². The van der Waals surface area contributed by atoms with Crippen LogP contribution in [-0.4, -0.2) is 13.2 Å². The second kappa shape index (κ2) is 8.41. The SMILES string of the molecule is CCCCOc1ccc(CCC#N)cc1OCC. The highest BCUT2D eigenvalue weighted by Crippen LogP contribution is 2.29. The van der Waals surface area contributed by atoms with E-state index < -0.39 is 0 Å². The lowest BCUT2D eigenvalue weighted by Crippen LogP contribution is -2.01. The van der Waals surface area contributed by atoms with Gasteiger partial charge in [0, 0.05) is 6.42 Å². The standard InChI is InChI=1S/C15H21NO2/c1-3-5-11-18-14-9-8-13(7-6-10-16)12-15(14)17-4-2/h8-9,12H,3-7,11H2,1-2H3. The van der Waals surface area contributed by atoms with Crippen LogP contribution in [0.3, 0.4) is 0 Å². The zero-order valence-corrected chi connectivity index (χ0v) is 11.2. The molecule has 98 valence electrons. The van der Waals surface area contributed by atoms with Crippen molar-refractivity contribution in [1.82, 2.24) is 0 Å². The van der Waals surface area contributed by atoms with Gasteiger partial charge in [-0.1, -0.05) is 19.4 Å². The van der Waals surface area contributed by atoms with Crippen molar-refractivity contribution in [1.29, 1.82) is 5.26 Å². The van der Waals surface area contributed by atoms with Crippen LogP contribution in [0.25, 0.3) is 0 Å². The van der Waals surface area contributed by atoms with Gasteiger partial charge in [0.05, 0.1) is 19.3 Å². The molecule has 0 atom stereocenters. The summed E-state index contributed by atoms with van der Waals surface area (Å²) >= 11 is 0. The second-order valence-corrected chi connectivity index (χ2v) is 4.07. The number of aryl methyl sites for hydroxylation is 1. The normalized spacial score (nSPS) is 9.83. The van der Waals surface area contributed by atoms with Gasteiger partial charge in [-0.15, -0.1) is 0 Å². The number of ether oxygens (including phenoxy) is 2. The molecule has 1 rings (SSSR count). The van der Waals surface area contributed by atoms with Gasteiger partial charge in [-0.25, -0.2) is 0 Å². The smallest absolute Gasteiger partial charge is 0.161 e. The zero-order chi connectivity index (χ0) is 13.2. The van der Waals surface area contributed by atoms with Crippen LogP contribution < -0.4 is 9.47 Å². The van der Waals surface area contributed by atoms with E-state index in [0.29, 0.717) is 19.6 Å². The molecular formula is C15H21NO2. The van der Waals surface area contributed by atoms with Gasteiger partial charge >= 0.3 is 0 Å². The van der Waals surface area contributed by atoms with Crippen molar-refractivity contribution in [2.75, 3.05) is 13.2 Å². The molecule has 18 heavy (non-hydrogen) atoms. The molecule has 0 spiro atoms. The molecule has 1 aromatic carbocycles. The summed E-state index contributed by atoms with van der Waals surface area (Å²) in [7, 11) is 0. The molecule has 1 aromatic rings. The largest absolute Gasteiger partial charge is 0.490 e. The monoisotopic (exact) mass is 247 g/mol. The van der Waals surface area contributed by atoms with Gasteiger partial charge in [0.1, 0.15) is 0 Å². The third-order valence-electron chi connectivity index (χ3n) is 2.59. The first-order valence-corrected chi connectivity index (χ1v) is 6.57. The third kappa shape index (κ3) is 4.67. The van der Waals surface area contributed by atoms with Crippen molar-refractivity contribution >= 4 is 0 Å². The number of benzene rings is 1. The first-order chi connectivity index (χ1) is 8.81. The minimum absolute atomic E-state index is 0.529. The van der Waals surface area contributed by atoms with E-state index in [4.69, 9.17) is 14.7 Å². The Balaban J connectivity index is 2.73. The second-order valence-electron chi connectivity index (χ2n) is 4.07. The predicted octanol–water partition coefficient (Wildman–Crippen LogP) is 3.72. The van der Waals surface area contributed by atoms with Gasteiger partial charge in [-0.2, -0.15) is 5.26 Å². The van der Waals surface area contributed by atoms with Crippen LogP contribution in [0.1, 0.15) is 38.7 Å². The lowest BCUT2D eigenvalue weighted by atomic mass is 10.1. The molecule has 0 heterocycles. The summed E-state index contributed by atoms with van der Waals surface area (Å²) in [6.45, 7) is 5.43. The van der Waals surface area contributed by atoms with Crippen molar-refractivity contribution in [3.8, 4) is 17.6 Å². The number of nitrogens with zero attached hydrogens (tertiary/aromatic N) is 1. The minimum Gasteiger partial charge on any atom is -0.490 e. The zero-order valence-electron chi connectivity index (χ0n) is 11.2. The van der Waals surface area contributed by atoms with Crippen LogP contribution in [0, 0.1) is 11.3 Å². The van der Waals surface area contributed by atoms with E-state index in [1.807, 2.05) is 25.1 Å². The summed E-state index contributed by atoms with van der Waals surface area (Å²) in [5.74, 6) is 1.58. The summed E-state index contributed by atoms with van der Waals surface area (Å²) in [5.41, 5.74) is 1.11. The van der Waals surface area contributed by atoms with E-state index in [9.17, 15) is 0 Å². The Hall–Kier alpha value is -1.69. The van der Waals surface area contributed by atoms with Crippen LogP contribution in [0.4, 0.5) is 0 Å². The third-order valence-corrected chi connectivity index (χ3v) is 2.59. The molecular weight excluding hydrogens is 226 g/mol. The van der Waals surface area contributed by atoms with Crippen LogP contribution in [0.2, 0.25) is 0 Å². The van der Waals surface area contributed by atoms with Crippen molar-refractivity contribution < 1.29 is 9.47 Å². The average molecular weight is 247 g/mol. The Morgan fingerprint density at radius 3 is 2.67 bits per heavy atom. The van der Waals surface area contributed by atoms with E-state index in [0.717, 1.165) is 36.3 Å². The highest BCUT2D eigenvalue weighted by Gasteiger charge is 2.06. The van der Waals surface area contributed by atoms with Crippen molar-refractivity contribution in [3.63, 3.8) is 0 Å². The highest BCUT2D eigenvalue weighted by molar-refractivity contribution is 5.43. The first-order valence-electron chi connectivity index (χ1n) is 6.57. The Bertz CT molecular complexity index is 396. The number of hydrogen-bond donors (Lipinski definition) is 0. The molecule has 0 N–H and O–H groups in total.